The molecule has 3 aliphatic carbocycles. The van der Waals surface area contributed by atoms with Gasteiger partial charge in [0, 0.05) is 41.2 Å². The molecular formula is C31H46N2O5. The summed E-state index contributed by atoms with van der Waals surface area (Å²) in [6, 6.07) is 1.80. The van der Waals surface area contributed by atoms with Crippen molar-refractivity contribution >= 4 is 5.97 Å². The Balaban J connectivity index is 1.38. The fraction of sp³-hybridized carbons (Fsp3) is 0.774. The van der Waals surface area contributed by atoms with Crippen LogP contribution < -0.4 is 14.8 Å². The second-order valence-electron chi connectivity index (χ2n) is 13.7. The number of carbonyl (C=O) groups is 1. The first-order valence-electron chi connectivity index (χ1n) is 14.9. The fourth-order valence-electron chi connectivity index (χ4n) is 8.18. The molecule has 1 saturated heterocycles. The van der Waals surface area contributed by atoms with E-state index in [1.54, 1.807) is 13.2 Å². The highest BCUT2D eigenvalue weighted by Crippen LogP contribution is 2.65. The van der Waals surface area contributed by atoms with Gasteiger partial charge in [-0.2, -0.15) is 0 Å². The third-order valence-electron chi connectivity index (χ3n) is 10.2. The van der Waals surface area contributed by atoms with E-state index in [2.05, 4.69) is 24.1 Å². The van der Waals surface area contributed by atoms with Crippen molar-refractivity contribution in [3.8, 4) is 17.2 Å². The number of piperidine rings is 1. The zero-order chi connectivity index (χ0) is 27.0. The first-order chi connectivity index (χ1) is 18.1. The summed E-state index contributed by atoms with van der Waals surface area (Å²) in [6.07, 6.45) is 7.45. The number of phenols is 1. The van der Waals surface area contributed by atoms with Gasteiger partial charge in [0.1, 0.15) is 23.5 Å². The molecule has 2 saturated carbocycles. The van der Waals surface area contributed by atoms with Gasteiger partial charge in [-0.25, -0.2) is 0 Å². The van der Waals surface area contributed by atoms with Crippen LogP contribution in [0.5, 0.6) is 17.2 Å². The van der Waals surface area contributed by atoms with Gasteiger partial charge in [0.2, 0.25) is 0 Å². The van der Waals surface area contributed by atoms with Crippen molar-refractivity contribution < 1.29 is 24.1 Å². The lowest BCUT2D eigenvalue weighted by Gasteiger charge is -2.60. The highest BCUT2D eigenvalue weighted by atomic mass is 16.6. The number of ether oxygens (including phenoxy) is 3. The van der Waals surface area contributed by atoms with Gasteiger partial charge in [0.15, 0.2) is 11.5 Å². The largest absolute Gasteiger partial charge is 0.504 e. The van der Waals surface area contributed by atoms with Crippen LogP contribution in [0.15, 0.2) is 6.07 Å². The van der Waals surface area contributed by atoms with E-state index >= 15 is 0 Å². The SMILES string of the molecule is CC[C@H](C)[C@H](N[C@H]1CC[C@H]2[C@H]3Cc4c(OC)cc(O)c5c4[C@@]2(CCN3CC2CC2)[C@H]1O5)C(=O)OC(C)(C)C. The van der Waals surface area contributed by atoms with Gasteiger partial charge in [-0.05, 0) is 83.6 Å². The van der Waals surface area contributed by atoms with Crippen molar-refractivity contribution in [2.24, 2.45) is 17.8 Å². The van der Waals surface area contributed by atoms with E-state index in [0.29, 0.717) is 17.7 Å². The van der Waals surface area contributed by atoms with Crippen LogP contribution in [0.4, 0.5) is 0 Å². The summed E-state index contributed by atoms with van der Waals surface area (Å²) in [5.74, 6) is 2.87. The lowest BCUT2D eigenvalue weighted by molar-refractivity contribution is -0.160. The number of nitrogens with zero attached hydrogens (tertiary/aromatic N) is 1. The highest BCUT2D eigenvalue weighted by Gasteiger charge is 2.66. The number of aromatic hydroxyl groups is 1. The van der Waals surface area contributed by atoms with Crippen LogP contribution in [0.1, 0.15) is 84.3 Å². The Morgan fingerprint density at radius 2 is 2.05 bits per heavy atom. The quantitative estimate of drug-likeness (QED) is 0.481. The summed E-state index contributed by atoms with van der Waals surface area (Å²) in [6.45, 7) is 12.3. The molecular weight excluding hydrogens is 480 g/mol. The van der Waals surface area contributed by atoms with Gasteiger partial charge in [0.25, 0.3) is 0 Å². The van der Waals surface area contributed by atoms with E-state index < -0.39 is 11.6 Å². The average Bonchev–Trinajstić information content (AvgIpc) is 3.61. The van der Waals surface area contributed by atoms with Crippen LogP contribution in [0.2, 0.25) is 0 Å². The topological polar surface area (TPSA) is 80.3 Å². The molecule has 2 heterocycles. The van der Waals surface area contributed by atoms with Gasteiger partial charge < -0.3 is 19.3 Å². The zero-order valence-electron chi connectivity index (χ0n) is 24.0. The molecule has 210 valence electrons. The first kappa shape index (κ1) is 26.2. The summed E-state index contributed by atoms with van der Waals surface area (Å²) < 4.78 is 18.5. The molecule has 3 fully saturated rings. The van der Waals surface area contributed by atoms with Gasteiger partial charge in [-0.15, -0.1) is 0 Å². The molecule has 2 bridgehead atoms. The fourth-order valence-corrected chi connectivity index (χ4v) is 8.18. The van der Waals surface area contributed by atoms with E-state index in [1.807, 2.05) is 20.8 Å². The van der Waals surface area contributed by atoms with E-state index in [0.717, 1.165) is 50.3 Å². The van der Waals surface area contributed by atoms with E-state index in [-0.39, 0.29) is 35.2 Å². The number of esters is 1. The molecule has 5 aliphatic rings. The summed E-state index contributed by atoms with van der Waals surface area (Å²) >= 11 is 0. The third-order valence-corrected chi connectivity index (χ3v) is 10.2. The lowest BCUT2D eigenvalue weighted by atomic mass is 9.51. The summed E-state index contributed by atoms with van der Waals surface area (Å²) in [5, 5.41) is 14.9. The predicted octanol–water partition coefficient (Wildman–Crippen LogP) is 4.56. The molecule has 2 N–H and O–H groups in total. The van der Waals surface area contributed by atoms with Crippen LogP contribution in [0.25, 0.3) is 0 Å². The average molecular weight is 527 g/mol. The van der Waals surface area contributed by atoms with Crippen LogP contribution in [-0.4, -0.2) is 66.0 Å². The normalized spacial score (nSPS) is 33.2. The molecule has 1 aromatic carbocycles. The van der Waals surface area contributed by atoms with Gasteiger partial charge in [-0.1, -0.05) is 20.3 Å². The van der Waals surface area contributed by atoms with Crippen LogP contribution >= 0.6 is 0 Å². The Morgan fingerprint density at radius 1 is 1.29 bits per heavy atom. The van der Waals surface area contributed by atoms with Crippen molar-refractivity contribution in [2.45, 2.75) is 115 Å². The van der Waals surface area contributed by atoms with E-state index in [9.17, 15) is 9.90 Å². The van der Waals surface area contributed by atoms with Gasteiger partial charge >= 0.3 is 5.97 Å². The first-order valence-corrected chi connectivity index (χ1v) is 14.9. The molecule has 0 aromatic heterocycles. The van der Waals surface area contributed by atoms with E-state index in [4.69, 9.17) is 14.2 Å². The molecule has 2 aliphatic heterocycles. The number of benzene rings is 1. The molecule has 6 rings (SSSR count). The number of likely N-dealkylation sites (tertiary alicyclic amines) is 1. The second-order valence-corrected chi connectivity index (χ2v) is 13.7. The zero-order valence-corrected chi connectivity index (χ0v) is 24.0. The Bertz CT molecular complexity index is 1090. The number of carbonyl (C=O) groups excluding carboxylic acids is 1. The third kappa shape index (κ3) is 4.11. The molecule has 0 radical (unpaired) electrons. The maximum Gasteiger partial charge on any atom is 0.323 e. The number of phenolic OH excluding ortho intramolecular Hbond substituents is 1. The maximum atomic E-state index is 13.4. The predicted molar refractivity (Wildman–Crippen MR) is 146 cm³/mol. The van der Waals surface area contributed by atoms with Crippen LogP contribution in [0.3, 0.4) is 0 Å². The minimum absolute atomic E-state index is 0.00264. The minimum Gasteiger partial charge on any atom is -0.504 e. The van der Waals surface area contributed by atoms with Crippen molar-refractivity contribution in [1.82, 2.24) is 10.2 Å². The number of hydrogen-bond acceptors (Lipinski definition) is 7. The standard InChI is InChI=1S/C31H46N2O5/c1-7-17(2)26(29(35)38-30(3,4)5)32-21-11-10-20-22-14-19-24(36-6)15-23(34)27-25(19)31(20,28(21)37-27)12-13-33(22)16-18-8-9-18/h15,17-18,20-22,26,28,32,34H,7-14,16H2,1-6H3/t17-,20-,21-,22+,26-,28-,31-/m0/s1. The van der Waals surface area contributed by atoms with Gasteiger partial charge in [0.05, 0.1) is 7.11 Å². The molecule has 0 amide bonds. The Labute approximate surface area is 227 Å². The van der Waals surface area contributed by atoms with Crippen LogP contribution in [-0.2, 0) is 21.4 Å². The van der Waals surface area contributed by atoms with E-state index in [1.165, 1.54) is 30.5 Å². The monoisotopic (exact) mass is 526 g/mol. The Kier molecular flexibility index (Phi) is 6.42. The van der Waals surface area contributed by atoms with Crippen LogP contribution in [0, 0.1) is 17.8 Å². The molecule has 38 heavy (non-hydrogen) atoms. The summed E-state index contributed by atoms with van der Waals surface area (Å²) in [7, 11) is 1.70. The minimum atomic E-state index is -0.539. The number of rotatable bonds is 8. The van der Waals surface area contributed by atoms with Crippen molar-refractivity contribution in [2.75, 3.05) is 20.2 Å². The highest BCUT2D eigenvalue weighted by molar-refractivity contribution is 5.76. The van der Waals surface area contributed by atoms with Crippen molar-refractivity contribution in [1.29, 1.82) is 0 Å². The number of nitrogens with one attached hydrogen (secondary N) is 1. The maximum absolute atomic E-state index is 13.4. The van der Waals surface area contributed by atoms with Crippen molar-refractivity contribution in [3.05, 3.63) is 17.2 Å². The second kappa shape index (κ2) is 9.29. The Morgan fingerprint density at radius 3 is 2.71 bits per heavy atom. The number of hydrogen-bond donors (Lipinski definition) is 2. The Hall–Kier alpha value is -1.99. The molecule has 7 heteroatoms. The number of methoxy groups -OCH3 is 1. The molecule has 0 unspecified atom stereocenters. The van der Waals surface area contributed by atoms with Crippen molar-refractivity contribution in [3.63, 3.8) is 0 Å². The van der Waals surface area contributed by atoms with Gasteiger partial charge in [-0.3, -0.25) is 15.0 Å². The molecule has 7 atom stereocenters. The smallest absolute Gasteiger partial charge is 0.323 e. The lowest BCUT2D eigenvalue weighted by Crippen LogP contribution is -2.69. The molecule has 1 spiro atoms. The molecule has 1 aromatic rings. The summed E-state index contributed by atoms with van der Waals surface area (Å²) in [5.41, 5.74) is 1.69. The summed E-state index contributed by atoms with van der Waals surface area (Å²) in [4.78, 5) is 16.1. The molecule has 7 nitrogen and oxygen atoms in total.